The van der Waals surface area contributed by atoms with Crippen molar-refractivity contribution < 1.29 is 19.0 Å². The molecule has 0 spiro atoms. The number of carbonyl (C=O) groups is 1. The minimum absolute atomic E-state index is 0.0886. The zero-order chi connectivity index (χ0) is 22.0. The molecule has 1 aromatic carbocycles. The van der Waals surface area contributed by atoms with Crippen molar-refractivity contribution in [1.29, 1.82) is 0 Å². The van der Waals surface area contributed by atoms with E-state index in [4.69, 9.17) is 37.4 Å². The third-order valence-corrected chi connectivity index (χ3v) is 5.42. The van der Waals surface area contributed by atoms with Crippen molar-refractivity contribution >= 4 is 45.8 Å². The molecule has 1 aliphatic rings. The second-order valence-electron chi connectivity index (χ2n) is 6.68. The van der Waals surface area contributed by atoms with E-state index in [0.29, 0.717) is 44.6 Å². The normalized spacial score (nSPS) is 15.5. The molecule has 0 N–H and O–H groups in total. The lowest BCUT2D eigenvalue weighted by Gasteiger charge is -2.12. The first-order valence-electron chi connectivity index (χ1n) is 9.50. The molecule has 0 saturated heterocycles. The monoisotopic (exact) mass is 460 g/mol. The molecule has 31 heavy (non-hydrogen) atoms. The molecular formula is C21H18Cl2N4O4. The number of fused-ring (bicyclic) bond motifs is 1. The molecule has 0 fully saturated rings. The van der Waals surface area contributed by atoms with Gasteiger partial charge in [-0.05, 0) is 30.7 Å². The molecule has 3 aromatic rings. The highest BCUT2D eigenvalue weighted by Gasteiger charge is 2.30. The lowest BCUT2D eigenvalue weighted by atomic mass is 10.0. The van der Waals surface area contributed by atoms with Crippen LogP contribution < -0.4 is 4.74 Å². The molecule has 0 bridgehead atoms. The molecule has 0 radical (unpaired) electrons. The third-order valence-electron chi connectivity index (χ3n) is 4.77. The predicted molar refractivity (Wildman–Crippen MR) is 116 cm³/mol. The molecule has 1 atom stereocenters. The topological polar surface area (TPSA) is 95.8 Å². The number of methoxy groups -OCH3 is 1. The summed E-state index contributed by atoms with van der Waals surface area (Å²) in [7, 11) is 1.58. The van der Waals surface area contributed by atoms with Gasteiger partial charge in [0.15, 0.2) is 11.7 Å². The van der Waals surface area contributed by atoms with E-state index in [-0.39, 0.29) is 19.1 Å². The van der Waals surface area contributed by atoms with Gasteiger partial charge in [0.2, 0.25) is 5.90 Å². The molecular weight excluding hydrogens is 443 g/mol. The number of carbonyl (C=O) groups excluding carboxylic acids is 1. The molecule has 3 heterocycles. The smallest absolute Gasteiger partial charge is 0.334 e. The van der Waals surface area contributed by atoms with Crippen LogP contribution in [0.4, 0.5) is 0 Å². The number of benzene rings is 1. The van der Waals surface area contributed by atoms with Gasteiger partial charge in [0.25, 0.3) is 0 Å². The number of pyridine rings is 1. The summed E-state index contributed by atoms with van der Waals surface area (Å²) in [4.78, 5) is 20.3. The maximum Gasteiger partial charge on any atom is 0.334 e. The van der Waals surface area contributed by atoms with Crippen LogP contribution in [0.1, 0.15) is 23.9 Å². The molecule has 10 heteroatoms. The molecule has 2 aromatic heterocycles. The molecule has 8 nitrogen and oxygen atoms in total. The van der Waals surface area contributed by atoms with Crippen LogP contribution in [0.25, 0.3) is 10.8 Å². The Balaban J connectivity index is 1.79. The van der Waals surface area contributed by atoms with Gasteiger partial charge in [-0.3, -0.25) is 4.98 Å². The predicted octanol–water partition coefficient (Wildman–Crippen LogP) is 3.64. The Morgan fingerprint density at radius 3 is 2.68 bits per heavy atom. The van der Waals surface area contributed by atoms with Crippen molar-refractivity contribution in [3.05, 3.63) is 57.6 Å². The van der Waals surface area contributed by atoms with Gasteiger partial charge in [0.05, 0.1) is 29.5 Å². The fourth-order valence-electron chi connectivity index (χ4n) is 3.24. The lowest BCUT2D eigenvalue weighted by molar-refractivity contribution is -0.144. The van der Waals surface area contributed by atoms with E-state index >= 15 is 0 Å². The lowest BCUT2D eigenvalue weighted by Crippen LogP contribution is -2.22. The fraction of sp³-hybridized carbons (Fsp3) is 0.286. The molecule has 4 rings (SSSR count). The van der Waals surface area contributed by atoms with Crippen molar-refractivity contribution in [2.75, 3.05) is 20.3 Å². The van der Waals surface area contributed by atoms with Crippen LogP contribution in [0, 0.1) is 0 Å². The summed E-state index contributed by atoms with van der Waals surface area (Å²) in [5.41, 5.74) is 1.78. The summed E-state index contributed by atoms with van der Waals surface area (Å²) >= 11 is 12.6. The Morgan fingerprint density at radius 1 is 1.19 bits per heavy atom. The summed E-state index contributed by atoms with van der Waals surface area (Å²) in [5.74, 6) is 0.425. The van der Waals surface area contributed by atoms with Crippen LogP contribution in [0.15, 0.2) is 35.6 Å². The Bertz CT molecular complexity index is 1170. The molecule has 0 saturated carbocycles. The zero-order valence-electron chi connectivity index (χ0n) is 16.8. The second-order valence-corrected chi connectivity index (χ2v) is 7.49. The highest BCUT2D eigenvalue weighted by atomic mass is 35.5. The van der Waals surface area contributed by atoms with Gasteiger partial charge >= 0.3 is 5.97 Å². The number of rotatable bonds is 6. The number of hydrogen-bond donors (Lipinski definition) is 0. The molecule has 0 amide bonds. The number of aliphatic imine (C=N–C) groups is 1. The van der Waals surface area contributed by atoms with Gasteiger partial charge in [0, 0.05) is 29.6 Å². The van der Waals surface area contributed by atoms with Gasteiger partial charge in [-0.2, -0.15) is 5.10 Å². The first kappa shape index (κ1) is 21.3. The van der Waals surface area contributed by atoms with Crippen molar-refractivity contribution in [2.24, 2.45) is 4.99 Å². The summed E-state index contributed by atoms with van der Waals surface area (Å²) in [6.07, 6.45) is 3.42. The van der Waals surface area contributed by atoms with E-state index in [2.05, 4.69) is 20.2 Å². The van der Waals surface area contributed by atoms with Gasteiger partial charge in [-0.15, -0.1) is 5.10 Å². The Hall–Kier alpha value is -2.97. The SMILES string of the molecule is CCOC(=O)C1COC(c2nnc(Cc3c(Cl)cncc3Cl)c3ccc(OC)cc23)=N1. The largest absolute Gasteiger partial charge is 0.497 e. The van der Waals surface area contributed by atoms with Gasteiger partial charge in [-0.1, -0.05) is 23.2 Å². The minimum Gasteiger partial charge on any atom is -0.497 e. The van der Waals surface area contributed by atoms with E-state index in [9.17, 15) is 4.79 Å². The van der Waals surface area contributed by atoms with Crippen molar-refractivity contribution in [3.63, 3.8) is 0 Å². The average Bonchev–Trinajstić information content (AvgIpc) is 3.26. The number of ether oxygens (including phenoxy) is 3. The minimum atomic E-state index is -0.730. The maximum absolute atomic E-state index is 12.0. The van der Waals surface area contributed by atoms with E-state index in [0.717, 1.165) is 5.39 Å². The quantitative estimate of drug-likeness (QED) is 0.518. The Morgan fingerprint density at radius 2 is 1.97 bits per heavy atom. The Labute approximate surface area is 188 Å². The van der Waals surface area contributed by atoms with E-state index in [1.807, 2.05) is 18.2 Å². The number of halogens is 2. The van der Waals surface area contributed by atoms with Crippen LogP contribution in [0.3, 0.4) is 0 Å². The van der Waals surface area contributed by atoms with Crippen molar-refractivity contribution in [1.82, 2.24) is 15.2 Å². The highest BCUT2D eigenvalue weighted by Crippen LogP contribution is 2.31. The third kappa shape index (κ3) is 4.26. The van der Waals surface area contributed by atoms with E-state index < -0.39 is 12.0 Å². The van der Waals surface area contributed by atoms with E-state index in [1.54, 1.807) is 14.0 Å². The molecule has 0 aliphatic carbocycles. The van der Waals surface area contributed by atoms with E-state index in [1.165, 1.54) is 12.4 Å². The molecule has 1 aliphatic heterocycles. The van der Waals surface area contributed by atoms with Crippen LogP contribution in [0.5, 0.6) is 5.75 Å². The van der Waals surface area contributed by atoms with Crippen molar-refractivity contribution in [2.45, 2.75) is 19.4 Å². The van der Waals surface area contributed by atoms with Gasteiger partial charge in [0.1, 0.15) is 12.4 Å². The summed E-state index contributed by atoms with van der Waals surface area (Å²) in [5, 5.41) is 11.1. The zero-order valence-corrected chi connectivity index (χ0v) is 18.3. The van der Waals surface area contributed by atoms with Crippen LogP contribution >= 0.6 is 23.2 Å². The maximum atomic E-state index is 12.0. The number of esters is 1. The van der Waals surface area contributed by atoms with Crippen LogP contribution in [-0.4, -0.2) is 53.4 Å². The summed E-state index contributed by atoms with van der Waals surface area (Å²) in [6.45, 7) is 2.10. The Kier molecular flexibility index (Phi) is 6.20. The average molecular weight is 461 g/mol. The standard InChI is InChI=1S/C21H18Cl2N4O4/c1-3-30-21(28)18-10-31-20(25-18)19-13-6-11(29-2)4-5-12(13)17(26-27-19)7-14-15(22)8-24-9-16(14)23/h4-6,8-9,18H,3,7,10H2,1-2H3. The van der Waals surface area contributed by atoms with Gasteiger partial charge < -0.3 is 14.2 Å². The molecule has 160 valence electrons. The number of nitrogens with zero attached hydrogens (tertiary/aromatic N) is 4. The fourth-order valence-corrected chi connectivity index (χ4v) is 3.74. The van der Waals surface area contributed by atoms with Crippen LogP contribution in [-0.2, 0) is 20.7 Å². The first-order chi connectivity index (χ1) is 15.0. The number of aromatic nitrogens is 3. The summed E-state index contributed by atoms with van der Waals surface area (Å²) < 4.78 is 16.1. The first-order valence-corrected chi connectivity index (χ1v) is 10.3. The second kappa shape index (κ2) is 9.03. The molecule has 1 unspecified atom stereocenters. The highest BCUT2D eigenvalue weighted by molar-refractivity contribution is 6.35. The van der Waals surface area contributed by atoms with Gasteiger partial charge in [-0.25, -0.2) is 9.79 Å². The summed E-state index contributed by atoms with van der Waals surface area (Å²) in [6, 6.07) is 4.79. The van der Waals surface area contributed by atoms with Crippen molar-refractivity contribution in [3.8, 4) is 5.75 Å². The number of hydrogen-bond acceptors (Lipinski definition) is 8. The van der Waals surface area contributed by atoms with Crippen LogP contribution in [0.2, 0.25) is 10.0 Å².